The van der Waals surface area contributed by atoms with Crippen molar-refractivity contribution in [2.24, 2.45) is 0 Å². The van der Waals surface area contributed by atoms with Crippen LogP contribution in [0.15, 0.2) is 0 Å². The fraction of sp³-hybridized carbons (Fsp3) is 0.750. The van der Waals surface area contributed by atoms with Crippen molar-refractivity contribution in [3.05, 3.63) is 0 Å². The predicted molar refractivity (Wildman–Crippen MR) is 32.1 cm³/mol. The highest BCUT2D eigenvalue weighted by Gasteiger charge is 2.51. The SMILES string of the molecule is C[C@@H](C(=O)O)S(=O)(=O)C(F)(F)F. The zero-order valence-electron chi connectivity index (χ0n) is 5.79. The molecular weight excluding hydrogens is 201 g/mol. The smallest absolute Gasteiger partial charge is 0.480 e. The van der Waals surface area contributed by atoms with Crippen molar-refractivity contribution in [2.45, 2.75) is 17.7 Å². The summed E-state index contributed by atoms with van der Waals surface area (Å²) in [7, 11) is -5.58. The average Bonchev–Trinajstić information content (AvgIpc) is 1.83. The summed E-state index contributed by atoms with van der Waals surface area (Å²) in [4.78, 5) is 9.91. The number of alkyl halides is 3. The van der Waals surface area contributed by atoms with Gasteiger partial charge in [0.2, 0.25) is 0 Å². The number of hydrogen-bond donors (Lipinski definition) is 1. The zero-order chi connectivity index (χ0) is 10.2. The molecule has 4 nitrogen and oxygen atoms in total. The molecule has 1 N–H and O–H groups in total. The molecular formula is C4H5F3O4S. The van der Waals surface area contributed by atoms with Crippen LogP contribution in [0.2, 0.25) is 0 Å². The van der Waals surface area contributed by atoms with Crippen molar-refractivity contribution in [3.63, 3.8) is 0 Å². The van der Waals surface area contributed by atoms with Gasteiger partial charge >= 0.3 is 11.5 Å². The Morgan fingerprint density at radius 3 is 1.83 bits per heavy atom. The maximum atomic E-state index is 11.6. The summed E-state index contributed by atoms with van der Waals surface area (Å²) in [5.41, 5.74) is -5.51. The number of carboxylic acid groups (broad SMARTS) is 1. The molecule has 0 heterocycles. The fourth-order valence-corrected chi connectivity index (χ4v) is 1.000. The first-order valence-electron chi connectivity index (χ1n) is 2.63. The summed E-state index contributed by atoms with van der Waals surface area (Å²) < 4.78 is 55.4. The molecule has 0 bridgehead atoms. The van der Waals surface area contributed by atoms with Crippen LogP contribution >= 0.6 is 0 Å². The van der Waals surface area contributed by atoms with Crippen molar-refractivity contribution < 1.29 is 31.5 Å². The minimum atomic E-state index is -5.58. The van der Waals surface area contributed by atoms with Crippen molar-refractivity contribution in [3.8, 4) is 0 Å². The highest BCUT2D eigenvalue weighted by Crippen LogP contribution is 2.27. The highest BCUT2D eigenvalue weighted by molar-refractivity contribution is 7.93. The van der Waals surface area contributed by atoms with Crippen LogP contribution in [0.4, 0.5) is 13.2 Å². The van der Waals surface area contributed by atoms with Crippen LogP contribution in [-0.2, 0) is 14.6 Å². The van der Waals surface area contributed by atoms with E-state index in [4.69, 9.17) is 5.11 Å². The molecule has 0 saturated heterocycles. The van der Waals surface area contributed by atoms with Gasteiger partial charge < -0.3 is 5.11 Å². The van der Waals surface area contributed by atoms with E-state index in [2.05, 4.69) is 0 Å². The van der Waals surface area contributed by atoms with Crippen LogP contribution in [0, 0.1) is 0 Å². The number of rotatable bonds is 2. The molecule has 0 radical (unpaired) electrons. The summed E-state index contributed by atoms with van der Waals surface area (Å²) in [5, 5.41) is 5.54. The Morgan fingerprint density at radius 2 is 1.75 bits per heavy atom. The summed E-state index contributed by atoms with van der Waals surface area (Å²) in [6, 6.07) is 0. The third kappa shape index (κ3) is 1.87. The van der Waals surface area contributed by atoms with E-state index in [1.165, 1.54) is 0 Å². The van der Waals surface area contributed by atoms with E-state index in [1.54, 1.807) is 0 Å². The average molecular weight is 206 g/mol. The topological polar surface area (TPSA) is 71.4 Å². The van der Waals surface area contributed by atoms with Crippen LogP contribution in [0.5, 0.6) is 0 Å². The largest absolute Gasteiger partial charge is 0.498 e. The second kappa shape index (κ2) is 2.92. The van der Waals surface area contributed by atoms with Crippen molar-refractivity contribution in [2.75, 3.05) is 0 Å². The Bertz CT molecular complexity index is 277. The van der Waals surface area contributed by atoms with E-state index in [-0.39, 0.29) is 0 Å². The Morgan fingerprint density at radius 1 is 1.42 bits per heavy atom. The number of sulfone groups is 1. The lowest BCUT2D eigenvalue weighted by Gasteiger charge is -2.10. The molecule has 1 atom stereocenters. The Hall–Kier alpha value is -0.790. The Kier molecular flexibility index (Phi) is 2.73. The van der Waals surface area contributed by atoms with Crippen LogP contribution in [0.1, 0.15) is 6.92 Å². The maximum absolute atomic E-state index is 11.6. The molecule has 72 valence electrons. The van der Waals surface area contributed by atoms with Gasteiger partial charge in [-0.15, -0.1) is 0 Å². The van der Waals surface area contributed by atoms with Gasteiger partial charge in [-0.25, -0.2) is 8.42 Å². The standard InChI is InChI=1S/C4H5F3O4S/c1-2(3(8)9)12(10,11)4(5,6)7/h2H,1H3,(H,8,9)/t2-/m0/s1. The second-order valence-corrected chi connectivity index (χ2v) is 4.23. The maximum Gasteiger partial charge on any atom is 0.498 e. The Labute approximate surface area is 65.9 Å². The molecule has 0 fully saturated rings. The summed E-state index contributed by atoms with van der Waals surface area (Å²) in [6.07, 6.45) is 0. The molecule has 0 spiro atoms. The third-order valence-electron chi connectivity index (χ3n) is 1.14. The normalized spacial score (nSPS) is 15.7. The zero-order valence-corrected chi connectivity index (χ0v) is 6.61. The lowest BCUT2D eigenvalue weighted by Crippen LogP contribution is -2.37. The molecule has 12 heavy (non-hydrogen) atoms. The van der Waals surface area contributed by atoms with E-state index in [9.17, 15) is 26.4 Å². The minimum Gasteiger partial charge on any atom is -0.480 e. The third-order valence-corrected chi connectivity index (χ3v) is 2.91. The number of halogens is 3. The molecule has 0 aromatic rings. The van der Waals surface area contributed by atoms with Gasteiger partial charge in [-0.05, 0) is 6.92 Å². The number of aliphatic carboxylic acids is 1. The van der Waals surface area contributed by atoms with E-state index >= 15 is 0 Å². The van der Waals surface area contributed by atoms with Crippen LogP contribution in [-0.4, -0.2) is 30.3 Å². The van der Waals surface area contributed by atoms with E-state index < -0.39 is 26.6 Å². The first-order chi connectivity index (χ1) is 5.10. The number of carbonyl (C=O) groups is 1. The van der Waals surface area contributed by atoms with Gasteiger partial charge in [-0.3, -0.25) is 4.79 Å². The first kappa shape index (κ1) is 11.2. The van der Waals surface area contributed by atoms with E-state index in [1.807, 2.05) is 0 Å². The van der Waals surface area contributed by atoms with Crippen molar-refractivity contribution in [1.82, 2.24) is 0 Å². The number of carboxylic acids is 1. The molecule has 0 unspecified atom stereocenters. The summed E-state index contributed by atoms with van der Waals surface area (Å²) in [6.45, 7) is 0.463. The fourth-order valence-electron chi connectivity index (χ4n) is 0.333. The first-order valence-corrected chi connectivity index (χ1v) is 4.18. The molecule has 0 aliphatic heterocycles. The second-order valence-electron chi connectivity index (χ2n) is 1.97. The highest BCUT2D eigenvalue weighted by atomic mass is 32.2. The van der Waals surface area contributed by atoms with Crippen LogP contribution < -0.4 is 0 Å². The molecule has 0 aromatic heterocycles. The molecule has 0 rings (SSSR count). The van der Waals surface area contributed by atoms with Gasteiger partial charge in [0.15, 0.2) is 5.25 Å². The molecule has 0 aliphatic carbocycles. The van der Waals surface area contributed by atoms with Gasteiger partial charge in [-0.1, -0.05) is 0 Å². The molecule has 0 aromatic carbocycles. The van der Waals surface area contributed by atoms with Crippen LogP contribution in [0.25, 0.3) is 0 Å². The van der Waals surface area contributed by atoms with E-state index in [0.717, 1.165) is 0 Å². The summed E-state index contributed by atoms with van der Waals surface area (Å²) >= 11 is 0. The van der Waals surface area contributed by atoms with Crippen molar-refractivity contribution in [1.29, 1.82) is 0 Å². The quantitative estimate of drug-likeness (QED) is 0.709. The Balaban J connectivity index is 5.03. The lowest BCUT2D eigenvalue weighted by atomic mass is 10.5. The monoisotopic (exact) mass is 206 g/mol. The molecule has 8 heteroatoms. The van der Waals surface area contributed by atoms with Gasteiger partial charge in [0.25, 0.3) is 9.84 Å². The number of hydrogen-bond acceptors (Lipinski definition) is 3. The molecule has 0 saturated carbocycles. The van der Waals surface area contributed by atoms with Gasteiger partial charge in [0.1, 0.15) is 0 Å². The van der Waals surface area contributed by atoms with Gasteiger partial charge in [0, 0.05) is 0 Å². The summed E-state index contributed by atoms with van der Waals surface area (Å²) in [5.74, 6) is -2.02. The van der Waals surface area contributed by atoms with Gasteiger partial charge in [-0.2, -0.15) is 13.2 Å². The minimum absolute atomic E-state index is 0.463. The van der Waals surface area contributed by atoms with E-state index in [0.29, 0.717) is 6.92 Å². The van der Waals surface area contributed by atoms with Gasteiger partial charge in [0.05, 0.1) is 0 Å². The lowest BCUT2D eigenvalue weighted by molar-refractivity contribution is -0.136. The molecule has 0 amide bonds. The predicted octanol–water partition coefficient (Wildman–Crippen LogP) is 0.394. The molecule has 0 aliphatic rings. The van der Waals surface area contributed by atoms with Crippen molar-refractivity contribution >= 4 is 15.8 Å². The van der Waals surface area contributed by atoms with Crippen LogP contribution in [0.3, 0.4) is 0 Å².